The van der Waals surface area contributed by atoms with Crippen LogP contribution >= 0.6 is 11.6 Å². The van der Waals surface area contributed by atoms with E-state index in [1.165, 1.54) is 5.56 Å². The molecule has 0 aromatic heterocycles. The number of ether oxygens (including phenoxy) is 1. The van der Waals surface area contributed by atoms with E-state index in [2.05, 4.69) is 31.3 Å². The van der Waals surface area contributed by atoms with E-state index >= 15 is 0 Å². The minimum atomic E-state index is 0.611. The Kier molecular flexibility index (Phi) is 8.92. The molecule has 1 aromatic rings. The van der Waals surface area contributed by atoms with Crippen LogP contribution in [0, 0.1) is 11.8 Å². The van der Waals surface area contributed by atoms with Gasteiger partial charge in [0.2, 0.25) is 0 Å². The van der Waals surface area contributed by atoms with Gasteiger partial charge in [0.1, 0.15) is 0 Å². The van der Waals surface area contributed by atoms with Crippen LogP contribution in [0.3, 0.4) is 0 Å². The van der Waals surface area contributed by atoms with Crippen LogP contribution in [0.1, 0.15) is 32.3 Å². The number of nitrogens with one attached hydrogen (secondary N) is 1. The molecule has 0 heterocycles. The van der Waals surface area contributed by atoms with Gasteiger partial charge in [-0.2, -0.15) is 0 Å². The summed E-state index contributed by atoms with van der Waals surface area (Å²) < 4.78 is 5.73. The van der Waals surface area contributed by atoms with Crippen molar-refractivity contribution < 1.29 is 4.74 Å². The fourth-order valence-electron chi connectivity index (χ4n) is 2.19. The molecule has 1 aromatic carbocycles. The molecule has 0 aliphatic carbocycles. The van der Waals surface area contributed by atoms with Crippen molar-refractivity contribution >= 4 is 11.6 Å². The molecule has 0 radical (unpaired) electrons. The highest BCUT2D eigenvalue weighted by Gasteiger charge is 2.09. The van der Waals surface area contributed by atoms with Crippen molar-refractivity contribution in [2.24, 2.45) is 11.8 Å². The molecular weight excluding hydrogens is 270 g/mol. The monoisotopic (exact) mass is 297 g/mol. The maximum atomic E-state index is 5.92. The van der Waals surface area contributed by atoms with Gasteiger partial charge in [0, 0.05) is 18.2 Å². The summed E-state index contributed by atoms with van der Waals surface area (Å²) in [6.45, 7) is 7.22. The van der Waals surface area contributed by atoms with Crippen molar-refractivity contribution in [3.63, 3.8) is 0 Å². The summed E-state index contributed by atoms with van der Waals surface area (Å²) in [6, 6.07) is 8.16. The number of halogens is 1. The van der Waals surface area contributed by atoms with Crippen LogP contribution in [0.5, 0.6) is 0 Å². The molecule has 0 saturated heterocycles. The third kappa shape index (κ3) is 7.88. The zero-order valence-corrected chi connectivity index (χ0v) is 13.7. The maximum Gasteiger partial charge on any atom is 0.0469 e. The minimum Gasteiger partial charge on any atom is -0.381 e. The molecule has 1 atom stereocenters. The molecule has 3 heteroatoms. The molecule has 0 aliphatic heterocycles. The largest absolute Gasteiger partial charge is 0.381 e. The van der Waals surface area contributed by atoms with Crippen molar-refractivity contribution in [1.82, 2.24) is 5.32 Å². The van der Waals surface area contributed by atoms with Gasteiger partial charge in [0.05, 0.1) is 0 Å². The second-order valence-electron chi connectivity index (χ2n) is 5.84. The first-order valence-corrected chi connectivity index (χ1v) is 7.96. The van der Waals surface area contributed by atoms with Gasteiger partial charge in [-0.15, -0.1) is 0 Å². The quantitative estimate of drug-likeness (QED) is 0.654. The first-order valence-electron chi connectivity index (χ1n) is 7.58. The lowest BCUT2D eigenvalue weighted by atomic mass is 9.96. The summed E-state index contributed by atoms with van der Waals surface area (Å²) in [4.78, 5) is 0. The Labute approximate surface area is 128 Å². The first kappa shape index (κ1) is 17.5. The average Bonchev–Trinajstić information content (AvgIpc) is 2.40. The lowest BCUT2D eigenvalue weighted by Gasteiger charge is -2.17. The van der Waals surface area contributed by atoms with Gasteiger partial charge in [-0.1, -0.05) is 37.6 Å². The molecule has 0 amide bonds. The fourth-order valence-corrected chi connectivity index (χ4v) is 2.32. The normalized spacial score (nSPS) is 12.8. The zero-order valence-electron chi connectivity index (χ0n) is 13.0. The third-order valence-electron chi connectivity index (χ3n) is 3.44. The smallest absolute Gasteiger partial charge is 0.0469 e. The predicted molar refractivity (Wildman–Crippen MR) is 87.5 cm³/mol. The molecule has 114 valence electrons. The Morgan fingerprint density at radius 2 is 1.75 bits per heavy atom. The van der Waals surface area contributed by atoms with Crippen LogP contribution in [0.2, 0.25) is 5.02 Å². The number of benzene rings is 1. The predicted octanol–water partition coefficient (Wildman–Crippen LogP) is 4.17. The summed E-state index contributed by atoms with van der Waals surface area (Å²) in [7, 11) is 2.01. The number of hydrogen-bond acceptors (Lipinski definition) is 2. The SMILES string of the molecule is CNCC(CCOCCC(C)C)Cc1ccc(Cl)cc1. The second kappa shape index (κ2) is 10.2. The molecule has 0 fully saturated rings. The van der Waals surface area contributed by atoms with E-state index in [0.29, 0.717) is 5.92 Å². The standard InChI is InChI=1S/C17H28ClNO/c1-14(2)8-10-20-11-9-16(13-19-3)12-15-4-6-17(18)7-5-15/h4-7,14,16,19H,8-13H2,1-3H3. The van der Waals surface area contributed by atoms with E-state index in [1.807, 2.05) is 19.2 Å². The van der Waals surface area contributed by atoms with Gasteiger partial charge >= 0.3 is 0 Å². The average molecular weight is 298 g/mol. The van der Waals surface area contributed by atoms with Gasteiger partial charge in [0.15, 0.2) is 0 Å². The molecular formula is C17H28ClNO. The third-order valence-corrected chi connectivity index (χ3v) is 3.69. The van der Waals surface area contributed by atoms with Crippen LogP contribution in [0.25, 0.3) is 0 Å². The van der Waals surface area contributed by atoms with E-state index in [1.54, 1.807) is 0 Å². The minimum absolute atomic E-state index is 0.611. The van der Waals surface area contributed by atoms with E-state index < -0.39 is 0 Å². The maximum absolute atomic E-state index is 5.92. The van der Waals surface area contributed by atoms with E-state index in [9.17, 15) is 0 Å². The van der Waals surface area contributed by atoms with Crippen LogP contribution in [-0.2, 0) is 11.2 Å². The Hall–Kier alpha value is -0.570. The molecule has 0 bridgehead atoms. The Morgan fingerprint density at radius 1 is 1.10 bits per heavy atom. The summed E-state index contributed by atoms with van der Waals surface area (Å²) in [5.74, 6) is 1.33. The number of hydrogen-bond donors (Lipinski definition) is 1. The summed E-state index contributed by atoms with van der Waals surface area (Å²) in [5.41, 5.74) is 1.34. The van der Waals surface area contributed by atoms with Crippen molar-refractivity contribution in [1.29, 1.82) is 0 Å². The molecule has 0 aliphatic rings. The van der Waals surface area contributed by atoms with Crippen LogP contribution < -0.4 is 5.32 Å². The second-order valence-corrected chi connectivity index (χ2v) is 6.27. The Morgan fingerprint density at radius 3 is 2.35 bits per heavy atom. The molecule has 0 spiro atoms. The highest BCUT2D eigenvalue weighted by molar-refractivity contribution is 6.30. The zero-order chi connectivity index (χ0) is 14.8. The number of rotatable bonds is 10. The highest BCUT2D eigenvalue weighted by Crippen LogP contribution is 2.15. The molecule has 2 nitrogen and oxygen atoms in total. The van der Waals surface area contributed by atoms with Crippen molar-refractivity contribution in [3.05, 3.63) is 34.9 Å². The highest BCUT2D eigenvalue weighted by atomic mass is 35.5. The topological polar surface area (TPSA) is 21.3 Å². The van der Waals surface area contributed by atoms with Gasteiger partial charge in [0.25, 0.3) is 0 Å². The van der Waals surface area contributed by atoms with Gasteiger partial charge in [-0.05, 0) is 62.4 Å². The van der Waals surface area contributed by atoms with Crippen LogP contribution in [0.4, 0.5) is 0 Å². The fraction of sp³-hybridized carbons (Fsp3) is 0.647. The van der Waals surface area contributed by atoms with E-state index in [4.69, 9.17) is 16.3 Å². The summed E-state index contributed by atoms with van der Waals surface area (Å²) in [6.07, 6.45) is 3.32. The van der Waals surface area contributed by atoms with Crippen molar-refractivity contribution in [3.8, 4) is 0 Å². The van der Waals surface area contributed by atoms with E-state index in [0.717, 1.165) is 50.0 Å². The first-order chi connectivity index (χ1) is 9.61. The van der Waals surface area contributed by atoms with Crippen molar-refractivity contribution in [2.75, 3.05) is 26.8 Å². The lowest BCUT2D eigenvalue weighted by Crippen LogP contribution is -2.22. The Bertz CT molecular complexity index is 351. The summed E-state index contributed by atoms with van der Waals surface area (Å²) >= 11 is 5.92. The van der Waals surface area contributed by atoms with Gasteiger partial charge < -0.3 is 10.1 Å². The molecule has 1 unspecified atom stereocenters. The molecule has 1 N–H and O–H groups in total. The Balaban J connectivity index is 2.30. The van der Waals surface area contributed by atoms with Crippen LogP contribution in [0.15, 0.2) is 24.3 Å². The van der Waals surface area contributed by atoms with Gasteiger partial charge in [-0.25, -0.2) is 0 Å². The van der Waals surface area contributed by atoms with Crippen LogP contribution in [-0.4, -0.2) is 26.8 Å². The molecule has 0 saturated carbocycles. The van der Waals surface area contributed by atoms with E-state index in [-0.39, 0.29) is 0 Å². The van der Waals surface area contributed by atoms with Gasteiger partial charge in [-0.3, -0.25) is 0 Å². The summed E-state index contributed by atoms with van der Waals surface area (Å²) in [5, 5.41) is 4.08. The molecule has 20 heavy (non-hydrogen) atoms. The van der Waals surface area contributed by atoms with Crippen molar-refractivity contribution in [2.45, 2.75) is 33.1 Å². The lowest BCUT2D eigenvalue weighted by molar-refractivity contribution is 0.110. The molecule has 1 rings (SSSR count).